The summed E-state index contributed by atoms with van der Waals surface area (Å²) in [7, 11) is 2.16. The molecule has 0 bridgehead atoms. The Bertz CT molecular complexity index is 210. The zero-order valence-electron chi connectivity index (χ0n) is 6.46. The van der Waals surface area contributed by atoms with Crippen molar-refractivity contribution in [2.24, 2.45) is 0 Å². The monoisotopic (exact) mass is 132 g/mol. The van der Waals surface area contributed by atoms with Crippen LogP contribution < -0.4 is 0 Å². The highest BCUT2D eigenvalue weighted by Crippen LogP contribution is 2.04. The SMILES string of the molecule is C[B]Cc1ccncc1C. The second-order valence-corrected chi connectivity index (χ2v) is 2.41. The molecule has 0 unspecified atom stereocenters. The second kappa shape index (κ2) is 3.40. The molecule has 1 heterocycles. The van der Waals surface area contributed by atoms with Crippen molar-refractivity contribution < 1.29 is 0 Å². The molecule has 1 nitrogen and oxygen atoms in total. The summed E-state index contributed by atoms with van der Waals surface area (Å²) in [5, 5.41) is 0. The van der Waals surface area contributed by atoms with Gasteiger partial charge in [0.25, 0.3) is 0 Å². The van der Waals surface area contributed by atoms with Gasteiger partial charge in [-0.1, -0.05) is 13.1 Å². The summed E-state index contributed by atoms with van der Waals surface area (Å²) in [5.41, 5.74) is 2.65. The topological polar surface area (TPSA) is 12.9 Å². The Morgan fingerprint density at radius 3 is 3.00 bits per heavy atom. The second-order valence-electron chi connectivity index (χ2n) is 2.41. The summed E-state index contributed by atoms with van der Waals surface area (Å²) < 4.78 is 0. The molecule has 1 aromatic heterocycles. The molecule has 0 amide bonds. The third-order valence-corrected chi connectivity index (χ3v) is 1.56. The maximum absolute atomic E-state index is 4.01. The van der Waals surface area contributed by atoms with E-state index in [1.165, 1.54) is 11.1 Å². The van der Waals surface area contributed by atoms with Crippen molar-refractivity contribution in [3.8, 4) is 0 Å². The number of rotatable bonds is 2. The Morgan fingerprint density at radius 2 is 2.40 bits per heavy atom. The molecular formula is C8H11BN. The standard InChI is InChI=1S/C8H11BN/c1-7-6-10-4-3-8(7)5-9-2/h3-4,6H,5H2,1-2H3. The smallest absolute Gasteiger partial charge is 0.111 e. The maximum Gasteiger partial charge on any atom is 0.111 e. The first-order chi connectivity index (χ1) is 4.84. The normalized spacial score (nSPS) is 9.40. The van der Waals surface area contributed by atoms with E-state index in [0.717, 1.165) is 6.32 Å². The minimum Gasteiger partial charge on any atom is -0.264 e. The molecule has 0 aliphatic heterocycles. The van der Waals surface area contributed by atoms with Crippen LogP contribution in [0.25, 0.3) is 0 Å². The quantitative estimate of drug-likeness (QED) is 0.557. The molecule has 1 radical (unpaired) electrons. The van der Waals surface area contributed by atoms with Crippen LogP contribution in [0.1, 0.15) is 11.1 Å². The van der Waals surface area contributed by atoms with E-state index in [-0.39, 0.29) is 0 Å². The maximum atomic E-state index is 4.01. The zero-order chi connectivity index (χ0) is 7.40. The fraction of sp³-hybridized carbons (Fsp3) is 0.375. The predicted octanol–water partition coefficient (Wildman–Crippen LogP) is 1.64. The van der Waals surface area contributed by atoms with Crippen molar-refractivity contribution in [1.29, 1.82) is 0 Å². The summed E-state index contributed by atoms with van der Waals surface area (Å²) in [6.07, 6.45) is 4.79. The van der Waals surface area contributed by atoms with Crippen LogP contribution in [-0.4, -0.2) is 12.3 Å². The number of nitrogens with zero attached hydrogens (tertiary/aromatic N) is 1. The van der Waals surface area contributed by atoms with Gasteiger partial charge in [-0.3, -0.25) is 4.98 Å². The first-order valence-corrected chi connectivity index (χ1v) is 3.52. The molecule has 51 valence electrons. The fourth-order valence-electron chi connectivity index (χ4n) is 0.951. The molecule has 0 atom stereocenters. The highest BCUT2D eigenvalue weighted by atomic mass is 14.6. The molecule has 0 spiro atoms. The van der Waals surface area contributed by atoms with Gasteiger partial charge in [0, 0.05) is 12.4 Å². The summed E-state index contributed by atoms with van der Waals surface area (Å²) >= 11 is 0. The summed E-state index contributed by atoms with van der Waals surface area (Å²) in [5.74, 6) is 0. The minimum atomic E-state index is 1.05. The van der Waals surface area contributed by atoms with Gasteiger partial charge in [0.1, 0.15) is 7.28 Å². The summed E-state index contributed by atoms with van der Waals surface area (Å²) in [4.78, 5) is 4.01. The number of pyridine rings is 1. The van der Waals surface area contributed by atoms with E-state index in [1.54, 1.807) is 0 Å². The van der Waals surface area contributed by atoms with Crippen molar-refractivity contribution >= 4 is 7.28 Å². The van der Waals surface area contributed by atoms with E-state index >= 15 is 0 Å². The molecule has 0 saturated heterocycles. The molecule has 1 rings (SSSR count). The number of aromatic nitrogens is 1. The minimum absolute atomic E-state index is 1.05. The van der Waals surface area contributed by atoms with Crippen molar-refractivity contribution in [1.82, 2.24) is 4.98 Å². The van der Waals surface area contributed by atoms with Gasteiger partial charge >= 0.3 is 0 Å². The van der Waals surface area contributed by atoms with Gasteiger partial charge in [0.05, 0.1) is 0 Å². The lowest BCUT2D eigenvalue weighted by atomic mass is 9.74. The lowest BCUT2D eigenvalue weighted by Crippen LogP contribution is -1.94. The largest absolute Gasteiger partial charge is 0.264 e. The predicted molar refractivity (Wildman–Crippen MR) is 44.3 cm³/mol. The van der Waals surface area contributed by atoms with Gasteiger partial charge in [-0.05, 0) is 24.1 Å². The number of hydrogen-bond acceptors (Lipinski definition) is 1. The van der Waals surface area contributed by atoms with Crippen LogP contribution in [-0.2, 0) is 6.32 Å². The van der Waals surface area contributed by atoms with E-state index in [2.05, 4.69) is 32.1 Å². The molecule has 0 aliphatic carbocycles. The molecule has 1 aromatic rings. The Morgan fingerprint density at radius 1 is 1.60 bits per heavy atom. The van der Waals surface area contributed by atoms with Crippen LogP contribution in [0.4, 0.5) is 0 Å². The molecular weight excluding hydrogens is 121 g/mol. The van der Waals surface area contributed by atoms with Gasteiger partial charge < -0.3 is 0 Å². The highest BCUT2D eigenvalue weighted by Gasteiger charge is 1.93. The molecule has 0 aromatic carbocycles. The first-order valence-electron chi connectivity index (χ1n) is 3.52. The van der Waals surface area contributed by atoms with E-state index in [1.807, 2.05) is 12.4 Å². The average Bonchev–Trinajstić information content (AvgIpc) is 1.94. The van der Waals surface area contributed by atoms with Gasteiger partial charge in [0.2, 0.25) is 0 Å². The third-order valence-electron chi connectivity index (χ3n) is 1.56. The number of aryl methyl sites for hydroxylation is 1. The van der Waals surface area contributed by atoms with Gasteiger partial charge in [0.15, 0.2) is 0 Å². The van der Waals surface area contributed by atoms with Crippen molar-refractivity contribution in [2.75, 3.05) is 0 Å². The molecule has 0 aliphatic rings. The van der Waals surface area contributed by atoms with E-state index in [9.17, 15) is 0 Å². The highest BCUT2D eigenvalue weighted by molar-refractivity contribution is 6.32. The molecule has 10 heavy (non-hydrogen) atoms. The summed E-state index contributed by atoms with van der Waals surface area (Å²) in [6.45, 7) is 4.16. The van der Waals surface area contributed by atoms with Crippen LogP contribution in [0.15, 0.2) is 18.5 Å². The Balaban J connectivity index is 2.81. The van der Waals surface area contributed by atoms with Crippen LogP contribution in [0.2, 0.25) is 6.82 Å². The van der Waals surface area contributed by atoms with E-state index < -0.39 is 0 Å². The van der Waals surface area contributed by atoms with Gasteiger partial charge in [-0.25, -0.2) is 0 Å². The van der Waals surface area contributed by atoms with Crippen LogP contribution >= 0.6 is 0 Å². The molecule has 0 N–H and O–H groups in total. The molecule has 0 fully saturated rings. The van der Waals surface area contributed by atoms with Gasteiger partial charge in [-0.15, -0.1) is 0 Å². The number of hydrogen-bond donors (Lipinski definition) is 0. The molecule has 2 heteroatoms. The fourth-order valence-corrected chi connectivity index (χ4v) is 0.951. The van der Waals surface area contributed by atoms with Crippen molar-refractivity contribution in [3.63, 3.8) is 0 Å². The summed E-state index contributed by atoms with van der Waals surface area (Å²) in [6, 6.07) is 2.06. The van der Waals surface area contributed by atoms with Crippen molar-refractivity contribution in [3.05, 3.63) is 29.6 Å². The molecule has 0 saturated carbocycles. The van der Waals surface area contributed by atoms with Gasteiger partial charge in [-0.2, -0.15) is 0 Å². The Kier molecular flexibility index (Phi) is 2.49. The van der Waals surface area contributed by atoms with E-state index in [4.69, 9.17) is 0 Å². The van der Waals surface area contributed by atoms with Crippen LogP contribution in [0.5, 0.6) is 0 Å². The average molecular weight is 132 g/mol. The van der Waals surface area contributed by atoms with Crippen molar-refractivity contribution in [2.45, 2.75) is 20.1 Å². The lowest BCUT2D eigenvalue weighted by Gasteiger charge is -1.99. The lowest BCUT2D eigenvalue weighted by molar-refractivity contribution is 1.19. The van der Waals surface area contributed by atoms with Crippen LogP contribution in [0, 0.1) is 6.92 Å². The first kappa shape index (κ1) is 7.32. The van der Waals surface area contributed by atoms with Crippen LogP contribution in [0.3, 0.4) is 0 Å². The third kappa shape index (κ3) is 1.60. The zero-order valence-corrected chi connectivity index (χ0v) is 6.46. The van der Waals surface area contributed by atoms with E-state index in [0.29, 0.717) is 0 Å². The Hall–Kier alpha value is -0.785. The Labute approximate surface area is 62.7 Å².